The number of ether oxygens (including phenoxy) is 2. The molecule has 0 spiro atoms. The highest BCUT2D eigenvalue weighted by atomic mass is 16.6. The van der Waals surface area contributed by atoms with Crippen LogP contribution < -0.4 is 4.90 Å². The van der Waals surface area contributed by atoms with Crippen molar-refractivity contribution in [2.45, 2.75) is 38.6 Å². The molecule has 2 fully saturated rings. The van der Waals surface area contributed by atoms with E-state index in [9.17, 15) is 19.5 Å². The molecule has 1 aromatic carbocycles. The van der Waals surface area contributed by atoms with Crippen molar-refractivity contribution in [2.75, 3.05) is 37.7 Å². The van der Waals surface area contributed by atoms with E-state index in [0.29, 0.717) is 26.3 Å². The molecule has 1 aromatic rings. The number of carbonyl (C=O) groups is 3. The summed E-state index contributed by atoms with van der Waals surface area (Å²) >= 11 is 0. The van der Waals surface area contributed by atoms with Gasteiger partial charge in [-0.15, -0.1) is 0 Å². The second kappa shape index (κ2) is 7.90. The Morgan fingerprint density at radius 2 is 1.86 bits per heavy atom. The first-order valence-electron chi connectivity index (χ1n) is 9.82. The fourth-order valence-corrected chi connectivity index (χ4v) is 4.21. The zero-order valence-corrected chi connectivity index (χ0v) is 16.4. The molecule has 9 heteroatoms. The van der Waals surface area contributed by atoms with Gasteiger partial charge in [-0.1, -0.05) is 6.07 Å². The predicted octanol–water partition coefficient (Wildman–Crippen LogP) is 1.05. The molecule has 0 bridgehead atoms. The van der Waals surface area contributed by atoms with Crippen LogP contribution in [-0.4, -0.2) is 77.9 Å². The second-order valence-corrected chi connectivity index (χ2v) is 7.68. The molecular weight excluding hydrogens is 378 g/mol. The minimum Gasteiger partial charge on any atom is -0.480 e. The van der Waals surface area contributed by atoms with Crippen LogP contribution in [-0.2, 0) is 32.2 Å². The van der Waals surface area contributed by atoms with Crippen LogP contribution in [0.2, 0.25) is 0 Å². The Kier molecular flexibility index (Phi) is 5.31. The number of likely N-dealkylation sites (tertiary alicyclic amines) is 1. The van der Waals surface area contributed by atoms with Gasteiger partial charge in [0.25, 0.3) is 0 Å². The number of nitrogens with zero attached hydrogens (tertiary/aromatic N) is 3. The van der Waals surface area contributed by atoms with E-state index < -0.39 is 24.2 Å². The smallest absolute Gasteiger partial charge is 0.410 e. The third-order valence-electron chi connectivity index (χ3n) is 5.77. The number of hydrogen-bond acceptors (Lipinski definition) is 6. The SMILES string of the molecule is CC(=O)N1C[C@H](OC(=O)N2Cc3ccc(N4CCOCC4)cc3C2)C[C@H]1C(=O)O. The van der Waals surface area contributed by atoms with Gasteiger partial charge in [-0.2, -0.15) is 0 Å². The maximum Gasteiger partial charge on any atom is 0.410 e. The van der Waals surface area contributed by atoms with Crippen LogP contribution in [0.5, 0.6) is 0 Å². The van der Waals surface area contributed by atoms with Crippen molar-refractivity contribution in [3.8, 4) is 0 Å². The fraction of sp³-hybridized carbons (Fsp3) is 0.550. The first-order valence-corrected chi connectivity index (χ1v) is 9.82. The molecule has 0 aliphatic carbocycles. The monoisotopic (exact) mass is 403 g/mol. The van der Waals surface area contributed by atoms with Crippen molar-refractivity contribution in [1.82, 2.24) is 9.80 Å². The Morgan fingerprint density at radius 1 is 1.14 bits per heavy atom. The van der Waals surface area contributed by atoms with Gasteiger partial charge < -0.3 is 24.4 Å². The summed E-state index contributed by atoms with van der Waals surface area (Å²) in [6.45, 7) is 5.48. The van der Waals surface area contributed by atoms with Gasteiger partial charge in [0.2, 0.25) is 5.91 Å². The molecule has 3 aliphatic heterocycles. The van der Waals surface area contributed by atoms with Crippen molar-refractivity contribution in [3.63, 3.8) is 0 Å². The fourth-order valence-electron chi connectivity index (χ4n) is 4.21. The van der Waals surface area contributed by atoms with Gasteiger partial charge in [-0.3, -0.25) is 9.69 Å². The minimum absolute atomic E-state index is 0.111. The van der Waals surface area contributed by atoms with E-state index in [4.69, 9.17) is 9.47 Å². The van der Waals surface area contributed by atoms with Crippen LogP contribution in [0.25, 0.3) is 0 Å². The maximum absolute atomic E-state index is 12.6. The van der Waals surface area contributed by atoms with E-state index in [2.05, 4.69) is 17.0 Å². The quantitative estimate of drug-likeness (QED) is 0.805. The number of hydrogen-bond donors (Lipinski definition) is 1. The molecule has 3 aliphatic rings. The lowest BCUT2D eigenvalue weighted by Gasteiger charge is -2.29. The summed E-state index contributed by atoms with van der Waals surface area (Å²) in [5.74, 6) is -1.41. The van der Waals surface area contributed by atoms with Crippen LogP contribution in [0, 0.1) is 0 Å². The Morgan fingerprint density at radius 3 is 2.52 bits per heavy atom. The summed E-state index contributed by atoms with van der Waals surface area (Å²) in [4.78, 5) is 40.8. The van der Waals surface area contributed by atoms with E-state index in [1.54, 1.807) is 4.90 Å². The van der Waals surface area contributed by atoms with Crippen molar-refractivity contribution in [1.29, 1.82) is 0 Å². The molecule has 156 valence electrons. The lowest BCUT2D eigenvalue weighted by atomic mass is 10.1. The van der Waals surface area contributed by atoms with Crippen LogP contribution in [0.1, 0.15) is 24.5 Å². The second-order valence-electron chi connectivity index (χ2n) is 7.68. The summed E-state index contributed by atoms with van der Waals surface area (Å²) in [5, 5.41) is 9.29. The number of fused-ring (bicyclic) bond motifs is 1. The van der Waals surface area contributed by atoms with Crippen molar-refractivity contribution < 1.29 is 29.0 Å². The van der Waals surface area contributed by atoms with Crippen molar-refractivity contribution in [3.05, 3.63) is 29.3 Å². The summed E-state index contributed by atoms with van der Waals surface area (Å²) < 4.78 is 10.9. The van der Waals surface area contributed by atoms with Gasteiger partial charge >= 0.3 is 12.1 Å². The molecule has 9 nitrogen and oxygen atoms in total. The highest BCUT2D eigenvalue weighted by Crippen LogP contribution is 2.29. The topological polar surface area (TPSA) is 99.6 Å². The number of carbonyl (C=O) groups excluding carboxylic acids is 2. The van der Waals surface area contributed by atoms with E-state index in [0.717, 1.165) is 29.9 Å². The molecule has 0 radical (unpaired) electrons. The highest BCUT2D eigenvalue weighted by molar-refractivity contribution is 5.83. The van der Waals surface area contributed by atoms with Crippen LogP contribution in [0.15, 0.2) is 18.2 Å². The summed E-state index contributed by atoms with van der Waals surface area (Å²) in [6.07, 6.45) is -0.975. The average Bonchev–Trinajstić information content (AvgIpc) is 3.32. The van der Waals surface area contributed by atoms with Crippen molar-refractivity contribution in [2.24, 2.45) is 0 Å². The largest absolute Gasteiger partial charge is 0.480 e. The van der Waals surface area contributed by atoms with Crippen LogP contribution in [0.4, 0.5) is 10.5 Å². The number of morpholine rings is 1. The third kappa shape index (κ3) is 4.00. The number of aliphatic carboxylic acids is 1. The Balaban J connectivity index is 1.37. The summed E-state index contributed by atoms with van der Waals surface area (Å²) in [6, 6.07) is 5.28. The first-order chi connectivity index (χ1) is 13.9. The normalized spacial score (nSPS) is 23.8. The molecule has 4 rings (SSSR count). The molecular formula is C20H25N3O6. The lowest BCUT2D eigenvalue weighted by molar-refractivity contribution is -0.147. The summed E-state index contributed by atoms with van der Waals surface area (Å²) in [5.41, 5.74) is 3.30. The number of rotatable bonds is 3. The van der Waals surface area contributed by atoms with E-state index in [-0.39, 0.29) is 18.9 Å². The van der Waals surface area contributed by atoms with Gasteiger partial charge in [-0.25, -0.2) is 9.59 Å². The molecule has 0 unspecified atom stereocenters. The zero-order chi connectivity index (χ0) is 20.5. The molecule has 0 aromatic heterocycles. The molecule has 2 amide bonds. The third-order valence-corrected chi connectivity index (χ3v) is 5.77. The number of carboxylic acid groups (broad SMARTS) is 1. The maximum atomic E-state index is 12.6. The lowest BCUT2D eigenvalue weighted by Crippen LogP contribution is -2.39. The molecule has 29 heavy (non-hydrogen) atoms. The van der Waals surface area contributed by atoms with Gasteiger partial charge in [0.1, 0.15) is 12.1 Å². The zero-order valence-electron chi connectivity index (χ0n) is 16.4. The Hall–Kier alpha value is -2.81. The standard InChI is InChI=1S/C20H25N3O6/c1-13(24)23-12-17(9-18(23)19(25)26)29-20(27)22-10-14-2-3-16(8-15(14)11-22)21-4-6-28-7-5-21/h2-3,8,17-18H,4-7,9-12H2,1H3,(H,25,26)/t17-,18+/m1/s1. The predicted molar refractivity (Wildman–Crippen MR) is 102 cm³/mol. The molecule has 0 saturated carbocycles. The van der Waals surface area contributed by atoms with Crippen LogP contribution in [0.3, 0.4) is 0 Å². The highest BCUT2D eigenvalue weighted by Gasteiger charge is 2.41. The number of carboxylic acids is 1. The number of benzene rings is 1. The van der Waals surface area contributed by atoms with E-state index in [1.165, 1.54) is 11.8 Å². The van der Waals surface area contributed by atoms with Crippen molar-refractivity contribution >= 4 is 23.7 Å². The minimum atomic E-state index is -1.08. The number of amides is 2. The molecule has 2 saturated heterocycles. The Bertz CT molecular complexity index is 800. The van der Waals surface area contributed by atoms with Gasteiger partial charge in [0, 0.05) is 45.2 Å². The van der Waals surface area contributed by atoms with Crippen LogP contribution >= 0.6 is 0 Å². The molecule has 1 N–H and O–H groups in total. The van der Waals surface area contributed by atoms with Gasteiger partial charge in [0.15, 0.2) is 0 Å². The first kappa shape index (κ1) is 19.5. The molecule has 2 atom stereocenters. The van der Waals surface area contributed by atoms with E-state index in [1.807, 2.05) is 6.07 Å². The van der Waals surface area contributed by atoms with Gasteiger partial charge in [0.05, 0.1) is 19.8 Å². The van der Waals surface area contributed by atoms with Gasteiger partial charge in [-0.05, 0) is 23.3 Å². The average molecular weight is 403 g/mol. The van der Waals surface area contributed by atoms with E-state index >= 15 is 0 Å². The molecule has 3 heterocycles. The number of anilines is 1. The summed E-state index contributed by atoms with van der Waals surface area (Å²) in [7, 11) is 0. The Labute approximate surface area is 168 Å².